The van der Waals surface area contributed by atoms with E-state index in [4.69, 9.17) is 4.74 Å². The first kappa shape index (κ1) is 28.3. The highest BCUT2D eigenvalue weighted by Crippen LogP contribution is 2.45. The Morgan fingerprint density at radius 1 is 1.08 bits per heavy atom. The molecule has 1 aromatic heterocycles. The van der Waals surface area contributed by atoms with Crippen molar-refractivity contribution in [2.24, 2.45) is 0 Å². The summed E-state index contributed by atoms with van der Waals surface area (Å²) in [5.41, 5.74) is 0.914. The number of anilines is 1. The van der Waals surface area contributed by atoms with E-state index >= 15 is 0 Å². The zero-order chi connectivity index (χ0) is 26.9. The van der Waals surface area contributed by atoms with Crippen molar-refractivity contribution in [3.8, 4) is 0 Å². The van der Waals surface area contributed by atoms with Crippen LogP contribution >= 0.6 is 11.3 Å². The molecule has 1 aliphatic heterocycles. The molecule has 1 amide bonds. The van der Waals surface area contributed by atoms with Crippen LogP contribution in [0.2, 0.25) is 0 Å². The zero-order valence-corrected chi connectivity index (χ0v) is 23.8. The van der Waals surface area contributed by atoms with Gasteiger partial charge in [-0.3, -0.25) is 4.79 Å². The second kappa shape index (κ2) is 10.6. The van der Waals surface area contributed by atoms with Crippen molar-refractivity contribution in [3.05, 3.63) is 45.8 Å². The van der Waals surface area contributed by atoms with Gasteiger partial charge in [-0.1, -0.05) is 13.8 Å². The number of carbonyl (C=O) groups is 2. The van der Waals surface area contributed by atoms with Gasteiger partial charge in [-0.2, -0.15) is 4.31 Å². The molecule has 36 heavy (non-hydrogen) atoms. The van der Waals surface area contributed by atoms with Gasteiger partial charge in [0, 0.05) is 34.6 Å². The molecule has 0 fully saturated rings. The minimum absolute atomic E-state index is 0.151. The van der Waals surface area contributed by atoms with Gasteiger partial charge >= 0.3 is 5.97 Å². The minimum Gasteiger partial charge on any atom is -0.465 e. The van der Waals surface area contributed by atoms with E-state index in [1.165, 1.54) is 47.0 Å². The van der Waals surface area contributed by atoms with E-state index in [0.29, 0.717) is 35.6 Å². The summed E-state index contributed by atoms with van der Waals surface area (Å²) in [6, 6.07) is 5.91. The number of nitrogens with zero attached hydrogens (tertiary/aromatic N) is 1. The molecule has 0 saturated carbocycles. The normalized spacial score (nSPS) is 16.4. The Morgan fingerprint density at radius 3 is 2.19 bits per heavy atom. The fourth-order valence-electron chi connectivity index (χ4n) is 4.89. The third kappa shape index (κ3) is 5.66. The Bertz CT molecular complexity index is 1230. The lowest BCUT2D eigenvalue weighted by atomic mass is 9.81. The predicted octanol–water partition coefficient (Wildman–Crippen LogP) is 4.76. The number of ether oxygens (including phenoxy) is 1. The highest BCUT2D eigenvalue weighted by molar-refractivity contribution is 7.89. The molecular formula is C26H37N3O5S2. The second-order valence-corrected chi connectivity index (χ2v) is 13.3. The van der Waals surface area contributed by atoms with Crippen LogP contribution in [0.5, 0.6) is 0 Å². The third-order valence-electron chi connectivity index (χ3n) is 6.16. The maximum Gasteiger partial charge on any atom is 0.341 e. The molecule has 2 heterocycles. The number of hydrogen-bond donors (Lipinski definition) is 2. The summed E-state index contributed by atoms with van der Waals surface area (Å²) in [7, 11) is -2.31. The van der Waals surface area contributed by atoms with E-state index in [-0.39, 0.29) is 10.4 Å². The van der Waals surface area contributed by atoms with Crippen LogP contribution in [0.4, 0.5) is 5.00 Å². The number of sulfonamides is 1. The molecule has 0 saturated heterocycles. The molecule has 2 aromatic rings. The van der Waals surface area contributed by atoms with Crippen molar-refractivity contribution in [1.29, 1.82) is 0 Å². The summed E-state index contributed by atoms with van der Waals surface area (Å²) in [6.07, 6.45) is 2.05. The lowest BCUT2D eigenvalue weighted by Crippen LogP contribution is -2.55. The Balaban J connectivity index is 1.92. The van der Waals surface area contributed by atoms with Crippen molar-refractivity contribution in [1.82, 2.24) is 9.62 Å². The standard InChI is InChI=1S/C26H37N3O5S2/c1-8-14-29(15-9-2)36(32,33)18-12-10-17(11-13-18)22(30)27-23-20(24(31)34-7)19-16-25(3,4)28-26(5,6)21(19)35-23/h10-13,28H,8-9,14-16H2,1-7H3,(H,27,30). The monoisotopic (exact) mass is 535 g/mol. The summed E-state index contributed by atoms with van der Waals surface area (Å²) in [6.45, 7) is 13.0. The number of methoxy groups -OCH3 is 1. The molecule has 0 unspecified atom stereocenters. The van der Waals surface area contributed by atoms with Crippen molar-refractivity contribution < 1.29 is 22.7 Å². The van der Waals surface area contributed by atoms with Crippen molar-refractivity contribution in [2.45, 2.75) is 76.8 Å². The molecule has 0 spiro atoms. The molecule has 0 radical (unpaired) electrons. The van der Waals surface area contributed by atoms with Crippen molar-refractivity contribution in [3.63, 3.8) is 0 Å². The van der Waals surface area contributed by atoms with Gasteiger partial charge in [0.25, 0.3) is 5.91 Å². The summed E-state index contributed by atoms with van der Waals surface area (Å²) in [5.74, 6) is -0.920. The largest absolute Gasteiger partial charge is 0.465 e. The highest BCUT2D eigenvalue weighted by Gasteiger charge is 2.42. The Hall–Kier alpha value is -2.27. The molecule has 0 bridgehead atoms. The van der Waals surface area contributed by atoms with Crippen LogP contribution < -0.4 is 10.6 Å². The molecule has 2 N–H and O–H groups in total. The third-order valence-corrected chi connectivity index (χ3v) is 9.55. The predicted molar refractivity (Wildman–Crippen MR) is 143 cm³/mol. The van der Waals surface area contributed by atoms with Gasteiger partial charge in [0.1, 0.15) is 5.00 Å². The molecule has 3 rings (SSSR count). The molecule has 8 nitrogen and oxygen atoms in total. The van der Waals surface area contributed by atoms with Crippen LogP contribution in [0.25, 0.3) is 0 Å². The van der Waals surface area contributed by atoms with Crippen LogP contribution in [0, 0.1) is 0 Å². The molecule has 1 aliphatic rings. The molecule has 0 atom stereocenters. The molecule has 10 heteroatoms. The number of benzene rings is 1. The quantitative estimate of drug-likeness (QED) is 0.449. The van der Waals surface area contributed by atoms with Gasteiger partial charge in [-0.25, -0.2) is 13.2 Å². The van der Waals surface area contributed by atoms with E-state index in [2.05, 4.69) is 38.3 Å². The summed E-state index contributed by atoms with van der Waals surface area (Å²) < 4.78 is 32.6. The molecule has 0 aliphatic carbocycles. The van der Waals surface area contributed by atoms with Gasteiger partial charge in [-0.05, 0) is 76.8 Å². The maximum atomic E-state index is 13.1. The van der Waals surface area contributed by atoms with E-state index in [1.807, 2.05) is 13.8 Å². The number of hydrogen-bond acceptors (Lipinski definition) is 7. The Kier molecular flexibility index (Phi) is 8.34. The van der Waals surface area contributed by atoms with Gasteiger partial charge in [-0.15, -0.1) is 11.3 Å². The maximum absolute atomic E-state index is 13.1. The van der Waals surface area contributed by atoms with Crippen molar-refractivity contribution in [2.75, 3.05) is 25.5 Å². The summed E-state index contributed by atoms with van der Waals surface area (Å²) in [4.78, 5) is 27.0. The van der Waals surface area contributed by atoms with Crippen LogP contribution in [0.3, 0.4) is 0 Å². The molecule has 1 aromatic carbocycles. The van der Waals surface area contributed by atoms with Gasteiger partial charge in [0.15, 0.2) is 0 Å². The first-order chi connectivity index (χ1) is 16.8. The van der Waals surface area contributed by atoms with E-state index in [9.17, 15) is 18.0 Å². The van der Waals surface area contributed by atoms with E-state index in [1.54, 1.807) is 0 Å². The Morgan fingerprint density at radius 2 is 1.67 bits per heavy atom. The van der Waals surface area contributed by atoms with Crippen LogP contribution in [0.15, 0.2) is 29.2 Å². The van der Waals surface area contributed by atoms with E-state index < -0.39 is 27.4 Å². The lowest BCUT2D eigenvalue weighted by molar-refractivity contribution is 0.0600. The van der Waals surface area contributed by atoms with Gasteiger partial charge < -0.3 is 15.4 Å². The fourth-order valence-corrected chi connectivity index (χ4v) is 7.77. The van der Waals surface area contributed by atoms with Crippen LogP contribution in [-0.2, 0) is 26.7 Å². The number of amides is 1. The number of thiophene rings is 1. The fraction of sp³-hybridized carbons (Fsp3) is 0.538. The highest BCUT2D eigenvalue weighted by atomic mass is 32.2. The molecular weight excluding hydrogens is 498 g/mol. The number of rotatable bonds is 9. The summed E-state index contributed by atoms with van der Waals surface area (Å²) in [5, 5.41) is 6.91. The van der Waals surface area contributed by atoms with E-state index in [0.717, 1.165) is 23.3 Å². The average molecular weight is 536 g/mol. The first-order valence-corrected chi connectivity index (χ1v) is 14.5. The number of fused-ring (bicyclic) bond motifs is 1. The zero-order valence-electron chi connectivity index (χ0n) is 22.1. The van der Waals surface area contributed by atoms with Crippen molar-refractivity contribution >= 4 is 38.2 Å². The first-order valence-electron chi connectivity index (χ1n) is 12.2. The second-order valence-electron chi connectivity index (χ2n) is 10.3. The number of esters is 1. The summed E-state index contributed by atoms with van der Waals surface area (Å²) >= 11 is 1.36. The minimum atomic E-state index is -3.64. The van der Waals surface area contributed by atoms with Gasteiger partial charge in [0.2, 0.25) is 10.0 Å². The Labute approximate surface area is 218 Å². The smallest absolute Gasteiger partial charge is 0.341 e. The lowest BCUT2D eigenvalue weighted by Gasteiger charge is -2.42. The number of nitrogens with one attached hydrogen (secondary N) is 2. The van der Waals surface area contributed by atoms with Crippen LogP contribution in [-0.4, -0.2) is 50.3 Å². The SMILES string of the molecule is CCCN(CCC)S(=O)(=O)c1ccc(C(=O)Nc2sc3c(c2C(=O)OC)CC(C)(C)NC3(C)C)cc1. The number of carbonyl (C=O) groups excluding carboxylic acids is 2. The topological polar surface area (TPSA) is 105 Å². The molecule has 198 valence electrons. The van der Waals surface area contributed by atoms with Crippen LogP contribution in [0.1, 0.15) is 85.5 Å². The van der Waals surface area contributed by atoms with Gasteiger partial charge in [0.05, 0.1) is 17.6 Å². The average Bonchev–Trinajstić information content (AvgIpc) is 3.15.